The van der Waals surface area contributed by atoms with Crippen molar-refractivity contribution in [3.8, 4) is 0 Å². The number of carbonyl (C=O) groups excluding carboxylic acids is 1. The van der Waals surface area contributed by atoms with Gasteiger partial charge in [0.05, 0.1) is 12.7 Å². The van der Waals surface area contributed by atoms with Gasteiger partial charge in [0.25, 0.3) is 0 Å². The number of hydrogen-bond donors (Lipinski definition) is 1. The normalized spacial score (nSPS) is 16.0. The molecular weight excluding hydrogens is 280 g/mol. The lowest BCUT2D eigenvalue weighted by Crippen LogP contribution is -2.46. The van der Waals surface area contributed by atoms with E-state index in [1.165, 1.54) is 0 Å². The number of benzene rings is 1. The Hall–Kier alpha value is -1.59. The molecule has 0 radical (unpaired) electrons. The number of nitrogens with one attached hydrogen (secondary N) is 1. The predicted molar refractivity (Wildman–Crippen MR) is 85.1 cm³/mol. The summed E-state index contributed by atoms with van der Waals surface area (Å²) in [5, 5.41) is 0. The van der Waals surface area contributed by atoms with Crippen LogP contribution in [-0.2, 0) is 16.2 Å². The number of urea groups is 1. The molecule has 1 fully saturated rings. The molecule has 0 aliphatic carbocycles. The second-order valence-corrected chi connectivity index (χ2v) is 6.10. The second kappa shape index (κ2) is 8.76. The van der Waals surface area contributed by atoms with E-state index in [1.54, 1.807) is 4.90 Å². The number of likely N-dealkylation sites (tertiary alicyclic amines) is 1. The highest BCUT2D eigenvalue weighted by Crippen LogP contribution is 2.14. The molecule has 5 nitrogen and oxygen atoms in total. The monoisotopic (exact) mass is 306 g/mol. The number of piperidine rings is 1. The molecule has 1 aromatic carbocycles. The molecule has 0 saturated carbocycles. The molecule has 0 bridgehead atoms. The first kappa shape index (κ1) is 16.8. The molecule has 1 saturated heterocycles. The van der Waals surface area contributed by atoms with Crippen LogP contribution in [-0.4, -0.2) is 36.7 Å². The van der Waals surface area contributed by atoms with E-state index in [-0.39, 0.29) is 12.1 Å². The van der Waals surface area contributed by atoms with Gasteiger partial charge in [-0.1, -0.05) is 44.2 Å². The number of nitrogens with zero attached hydrogens (tertiary/aromatic N) is 1. The van der Waals surface area contributed by atoms with E-state index in [9.17, 15) is 4.79 Å². The van der Waals surface area contributed by atoms with Gasteiger partial charge in [-0.2, -0.15) is 0 Å². The maximum Gasteiger partial charge on any atom is 0.341 e. The SMILES string of the molecule is CC(C)COC1CCN(C(=O)NOCc2ccccc2)CC1. The van der Waals surface area contributed by atoms with E-state index in [0.29, 0.717) is 25.6 Å². The van der Waals surface area contributed by atoms with Gasteiger partial charge in [-0.05, 0) is 24.3 Å². The number of hydroxylamine groups is 1. The molecule has 2 rings (SSSR count). The third-order valence-corrected chi connectivity index (χ3v) is 3.64. The Bertz CT molecular complexity index is 442. The summed E-state index contributed by atoms with van der Waals surface area (Å²) in [5.74, 6) is 0.549. The zero-order valence-electron chi connectivity index (χ0n) is 13.5. The fourth-order valence-electron chi connectivity index (χ4n) is 2.37. The van der Waals surface area contributed by atoms with E-state index < -0.39 is 0 Å². The van der Waals surface area contributed by atoms with Crippen molar-refractivity contribution in [2.75, 3.05) is 19.7 Å². The number of ether oxygens (including phenoxy) is 1. The van der Waals surface area contributed by atoms with Gasteiger partial charge < -0.3 is 9.64 Å². The molecule has 1 aromatic rings. The lowest BCUT2D eigenvalue weighted by Gasteiger charge is -2.32. The van der Waals surface area contributed by atoms with Crippen LogP contribution in [0.25, 0.3) is 0 Å². The minimum atomic E-state index is -0.168. The smallest absolute Gasteiger partial charge is 0.341 e. The van der Waals surface area contributed by atoms with Gasteiger partial charge in [0.1, 0.15) is 0 Å². The highest BCUT2D eigenvalue weighted by Gasteiger charge is 2.23. The Morgan fingerprint density at radius 3 is 2.59 bits per heavy atom. The van der Waals surface area contributed by atoms with Crippen molar-refractivity contribution >= 4 is 6.03 Å². The van der Waals surface area contributed by atoms with E-state index in [4.69, 9.17) is 9.57 Å². The van der Waals surface area contributed by atoms with Crippen LogP contribution >= 0.6 is 0 Å². The maximum absolute atomic E-state index is 12.0. The third-order valence-electron chi connectivity index (χ3n) is 3.64. The summed E-state index contributed by atoms with van der Waals surface area (Å²) in [4.78, 5) is 19.1. The zero-order chi connectivity index (χ0) is 15.8. The van der Waals surface area contributed by atoms with Crippen LogP contribution in [0.4, 0.5) is 4.79 Å². The predicted octanol–water partition coefficient (Wildman–Crippen LogP) is 2.96. The molecule has 1 heterocycles. The summed E-state index contributed by atoms with van der Waals surface area (Å²) in [6, 6.07) is 9.60. The minimum Gasteiger partial charge on any atom is -0.378 e. The summed E-state index contributed by atoms with van der Waals surface area (Å²) in [7, 11) is 0. The van der Waals surface area contributed by atoms with Crippen LogP contribution < -0.4 is 5.48 Å². The first-order valence-electron chi connectivity index (χ1n) is 7.97. The molecule has 1 aliphatic rings. The lowest BCUT2D eigenvalue weighted by atomic mass is 10.1. The van der Waals surface area contributed by atoms with E-state index in [1.807, 2.05) is 30.3 Å². The number of rotatable bonds is 6. The van der Waals surface area contributed by atoms with Crippen LogP contribution in [0.15, 0.2) is 30.3 Å². The van der Waals surface area contributed by atoms with Crippen molar-refractivity contribution in [3.05, 3.63) is 35.9 Å². The quantitative estimate of drug-likeness (QED) is 0.822. The van der Waals surface area contributed by atoms with Crippen LogP contribution in [0.1, 0.15) is 32.3 Å². The van der Waals surface area contributed by atoms with Gasteiger partial charge in [-0.3, -0.25) is 4.84 Å². The number of carbonyl (C=O) groups is 1. The van der Waals surface area contributed by atoms with Crippen molar-refractivity contribution < 1.29 is 14.4 Å². The molecule has 0 atom stereocenters. The van der Waals surface area contributed by atoms with E-state index in [2.05, 4.69) is 19.3 Å². The molecule has 2 amide bonds. The zero-order valence-corrected chi connectivity index (χ0v) is 13.5. The average Bonchev–Trinajstić information content (AvgIpc) is 2.54. The van der Waals surface area contributed by atoms with Crippen LogP contribution in [0.3, 0.4) is 0 Å². The molecular formula is C17H26N2O3. The number of amides is 2. The van der Waals surface area contributed by atoms with Crippen molar-refractivity contribution in [1.29, 1.82) is 0 Å². The fraction of sp³-hybridized carbons (Fsp3) is 0.588. The summed E-state index contributed by atoms with van der Waals surface area (Å²) >= 11 is 0. The largest absolute Gasteiger partial charge is 0.378 e. The lowest BCUT2D eigenvalue weighted by molar-refractivity contribution is -0.00704. The van der Waals surface area contributed by atoms with E-state index in [0.717, 1.165) is 25.0 Å². The number of hydrogen-bond acceptors (Lipinski definition) is 3. The first-order chi connectivity index (χ1) is 10.6. The van der Waals surface area contributed by atoms with Gasteiger partial charge >= 0.3 is 6.03 Å². The maximum atomic E-state index is 12.0. The summed E-state index contributed by atoms with van der Waals surface area (Å²) < 4.78 is 5.82. The third kappa shape index (κ3) is 5.66. The van der Waals surface area contributed by atoms with Gasteiger partial charge in [0.15, 0.2) is 0 Å². The molecule has 1 N–H and O–H groups in total. The Morgan fingerprint density at radius 1 is 1.27 bits per heavy atom. The molecule has 0 spiro atoms. The molecule has 122 valence electrons. The standard InChI is InChI=1S/C17H26N2O3/c1-14(2)12-21-16-8-10-19(11-9-16)17(20)18-22-13-15-6-4-3-5-7-15/h3-7,14,16H,8-13H2,1-2H3,(H,18,20). The summed E-state index contributed by atoms with van der Waals surface area (Å²) in [6.45, 7) is 6.88. The van der Waals surface area contributed by atoms with Crippen LogP contribution in [0.5, 0.6) is 0 Å². The molecule has 5 heteroatoms. The van der Waals surface area contributed by atoms with E-state index >= 15 is 0 Å². The Kier molecular flexibility index (Phi) is 6.68. The van der Waals surface area contributed by atoms with Crippen LogP contribution in [0.2, 0.25) is 0 Å². The Morgan fingerprint density at radius 2 is 1.95 bits per heavy atom. The second-order valence-electron chi connectivity index (χ2n) is 6.10. The Labute approximate surface area is 132 Å². The first-order valence-corrected chi connectivity index (χ1v) is 7.97. The fourth-order valence-corrected chi connectivity index (χ4v) is 2.37. The van der Waals surface area contributed by atoms with Crippen molar-refractivity contribution in [2.24, 2.45) is 5.92 Å². The minimum absolute atomic E-state index is 0.168. The molecule has 1 aliphatic heterocycles. The highest BCUT2D eigenvalue weighted by atomic mass is 16.7. The van der Waals surface area contributed by atoms with Gasteiger partial charge in [-0.25, -0.2) is 10.3 Å². The topological polar surface area (TPSA) is 50.8 Å². The van der Waals surface area contributed by atoms with Crippen molar-refractivity contribution in [1.82, 2.24) is 10.4 Å². The molecule has 0 aromatic heterocycles. The molecule has 22 heavy (non-hydrogen) atoms. The van der Waals surface area contributed by atoms with Gasteiger partial charge in [0, 0.05) is 19.7 Å². The Balaban J connectivity index is 1.63. The van der Waals surface area contributed by atoms with Crippen molar-refractivity contribution in [3.63, 3.8) is 0 Å². The van der Waals surface area contributed by atoms with Gasteiger partial charge in [0.2, 0.25) is 0 Å². The van der Waals surface area contributed by atoms with Gasteiger partial charge in [-0.15, -0.1) is 0 Å². The average molecular weight is 306 g/mol. The molecule has 0 unspecified atom stereocenters. The summed E-state index contributed by atoms with van der Waals surface area (Å²) in [5.41, 5.74) is 3.54. The van der Waals surface area contributed by atoms with Crippen molar-refractivity contribution in [2.45, 2.75) is 39.4 Å². The van der Waals surface area contributed by atoms with Crippen LogP contribution in [0, 0.1) is 5.92 Å². The highest BCUT2D eigenvalue weighted by molar-refractivity contribution is 5.73. The summed E-state index contributed by atoms with van der Waals surface area (Å²) in [6.07, 6.45) is 2.05.